The van der Waals surface area contributed by atoms with Gasteiger partial charge in [-0.2, -0.15) is 0 Å². The van der Waals surface area contributed by atoms with E-state index in [1.807, 2.05) is 19.1 Å². The van der Waals surface area contributed by atoms with Crippen LogP contribution in [0.3, 0.4) is 0 Å². The first-order valence-electron chi connectivity index (χ1n) is 4.96. The summed E-state index contributed by atoms with van der Waals surface area (Å²) in [6.45, 7) is 3.18. The Morgan fingerprint density at radius 1 is 1.57 bits per heavy atom. The molecule has 0 bridgehead atoms. The molecule has 1 aliphatic heterocycles. The summed E-state index contributed by atoms with van der Waals surface area (Å²) >= 11 is 0. The van der Waals surface area contributed by atoms with Crippen LogP contribution in [0.5, 0.6) is 11.5 Å². The van der Waals surface area contributed by atoms with Gasteiger partial charge < -0.3 is 15.2 Å². The van der Waals surface area contributed by atoms with Gasteiger partial charge in [-0.1, -0.05) is 12.1 Å². The van der Waals surface area contributed by atoms with Gasteiger partial charge in [-0.3, -0.25) is 0 Å². The highest BCUT2D eigenvalue weighted by molar-refractivity contribution is 5.49. The lowest BCUT2D eigenvalue weighted by molar-refractivity contribution is 0.226. The zero-order valence-corrected chi connectivity index (χ0v) is 8.32. The van der Waals surface area contributed by atoms with Crippen LogP contribution in [0.4, 0.5) is 0 Å². The predicted octanol–water partition coefficient (Wildman–Crippen LogP) is 1.35. The van der Waals surface area contributed by atoms with Crippen LogP contribution < -0.4 is 15.2 Å². The summed E-state index contributed by atoms with van der Waals surface area (Å²) in [5.41, 5.74) is 6.77. The van der Waals surface area contributed by atoms with E-state index in [2.05, 4.69) is 6.07 Å². The van der Waals surface area contributed by atoms with Crippen LogP contribution in [0, 0.1) is 0 Å². The molecule has 0 saturated carbocycles. The molecule has 1 heterocycles. The van der Waals surface area contributed by atoms with Gasteiger partial charge in [-0.05, 0) is 13.0 Å². The Balaban J connectivity index is 2.26. The predicted molar refractivity (Wildman–Crippen MR) is 54.8 cm³/mol. The number of benzene rings is 1. The summed E-state index contributed by atoms with van der Waals surface area (Å²) in [5.74, 6) is 1.71. The maximum atomic E-state index is 5.69. The fourth-order valence-electron chi connectivity index (χ4n) is 1.71. The van der Waals surface area contributed by atoms with E-state index in [0.717, 1.165) is 17.9 Å². The van der Waals surface area contributed by atoms with Crippen molar-refractivity contribution in [2.75, 3.05) is 13.2 Å². The number of nitrogens with two attached hydrogens (primary N) is 1. The van der Waals surface area contributed by atoms with Gasteiger partial charge in [0, 0.05) is 18.5 Å². The SMILES string of the molecule is CCOc1cccc2c1O[C@H](CN)C2. The van der Waals surface area contributed by atoms with Crippen LogP contribution in [-0.2, 0) is 6.42 Å². The maximum absolute atomic E-state index is 5.69. The van der Waals surface area contributed by atoms with Crippen LogP contribution in [0.15, 0.2) is 18.2 Å². The van der Waals surface area contributed by atoms with Crippen LogP contribution >= 0.6 is 0 Å². The molecule has 0 unspecified atom stereocenters. The Bertz CT molecular complexity index is 325. The third kappa shape index (κ3) is 1.55. The summed E-state index contributed by atoms with van der Waals surface area (Å²) in [6.07, 6.45) is 1.01. The van der Waals surface area contributed by atoms with Crippen molar-refractivity contribution in [3.8, 4) is 11.5 Å². The molecular weight excluding hydrogens is 178 g/mol. The fraction of sp³-hybridized carbons (Fsp3) is 0.455. The number of rotatable bonds is 3. The average molecular weight is 193 g/mol. The molecule has 2 rings (SSSR count). The molecule has 0 amide bonds. The number of para-hydroxylation sites is 1. The molecule has 76 valence electrons. The second-order valence-electron chi connectivity index (χ2n) is 3.36. The number of fused-ring (bicyclic) bond motifs is 1. The van der Waals surface area contributed by atoms with Crippen molar-refractivity contribution in [1.29, 1.82) is 0 Å². The van der Waals surface area contributed by atoms with Crippen LogP contribution in [0.1, 0.15) is 12.5 Å². The molecule has 1 atom stereocenters. The zero-order valence-electron chi connectivity index (χ0n) is 8.32. The zero-order chi connectivity index (χ0) is 9.97. The molecular formula is C11H15NO2. The molecule has 1 aliphatic rings. The Morgan fingerprint density at radius 2 is 2.43 bits per heavy atom. The Labute approximate surface area is 83.8 Å². The van der Waals surface area contributed by atoms with Crippen molar-refractivity contribution in [1.82, 2.24) is 0 Å². The van der Waals surface area contributed by atoms with Crippen molar-refractivity contribution in [2.45, 2.75) is 19.4 Å². The summed E-state index contributed by atoms with van der Waals surface area (Å²) in [7, 11) is 0. The molecule has 0 saturated heterocycles. The molecule has 0 spiro atoms. The highest BCUT2D eigenvalue weighted by Crippen LogP contribution is 2.37. The molecule has 0 fully saturated rings. The Morgan fingerprint density at radius 3 is 3.14 bits per heavy atom. The molecule has 3 nitrogen and oxygen atoms in total. The first-order valence-corrected chi connectivity index (χ1v) is 4.96. The van der Waals surface area contributed by atoms with Crippen molar-refractivity contribution in [2.24, 2.45) is 5.73 Å². The van der Waals surface area contributed by atoms with Gasteiger partial charge in [0.1, 0.15) is 6.10 Å². The van der Waals surface area contributed by atoms with E-state index in [1.54, 1.807) is 0 Å². The molecule has 1 aromatic carbocycles. The lowest BCUT2D eigenvalue weighted by Crippen LogP contribution is -2.24. The number of hydrogen-bond acceptors (Lipinski definition) is 3. The maximum Gasteiger partial charge on any atom is 0.164 e. The van der Waals surface area contributed by atoms with E-state index in [0.29, 0.717) is 13.2 Å². The smallest absolute Gasteiger partial charge is 0.164 e. The van der Waals surface area contributed by atoms with Gasteiger partial charge in [0.25, 0.3) is 0 Å². The van der Waals surface area contributed by atoms with Gasteiger partial charge in [0.15, 0.2) is 11.5 Å². The molecule has 2 N–H and O–H groups in total. The Hall–Kier alpha value is -1.22. The van der Waals surface area contributed by atoms with Crippen LogP contribution in [0.2, 0.25) is 0 Å². The van der Waals surface area contributed by atoms with E-state index >= 15 is 0 Å². The van der Waals surface area contributed by atoms with Crippen molar-refractivity contribution >= 4 is 0 Å². The fourth-order valence-corrected chi connectivity index (χ4v) is 1.71. The highest BCUT2D eigenvalue weighted by Gasteiger charge is 2.24. The molecule has 1 aromatic rings. The molecule has 14 heavy (non-hydrogen) atoms. The largest absolute Gasteiger partial charge is 0.490 e. The van der Waals surface area contributed by atoms with E-state index in [-0.39, 0.29) is 6.10 Å². The Kier molecular flexibility index (Phi) is 2.59. The third-order valence-corrected chi connectivity index (χ3v) is 2.36. The van der Waals surface area contributed by atoms with E-state index in [9.17, 15) is 0 Å². The minimum Gasteiger partial charge on any atom is -0.490 e. The molecule has 3 heteroatoms. The van der Waals surface area contributed by atoms with Crippen molar-refractivity contribution in [3.05, 3.63) is 23.8 Å². The van der Waals surface area contributed by atoms with Gasteiger partial charge in [0.2, 0.25) is 0 Å². The van der Waals surface area contributed by atoms with Crippen molar-refractivity contribution in [3.63, 3.8) is 0 Å². The summed E-state index contributed by atoms with van der Waals surface area (Å²) in [4.78, 5) is 0. The van der Waals surface area contributed by atoms with Crippen molar-refractivity contribution < 1.29 is 9.47 Å². The molecule has 0 aromatic heterocycles. The number of hydrogen-bond donors (Lipinski definition) is 1. The minimum absolute atomic E-state index is 0.117. The molecule has 0 aliphatic carbocycles. The van der Waals surface area contributed by atoms with E-state index in [1.165, 1.54) is 5.56 Å². The summed E-state index contributed by atoms with van der Waals surface area (Å²) < 4.78 is 11.2. The average Bonchev–Trinajstić information content (AvgIpc) is 2.62. The van der Waals surface area contributed by atoms with Gasteiger partial charge in [-0.25, -0.2) is 0 Å². The second kappa shape index (κ2) is 3.88. The van der Waals surface area contributed by atoms with Gasteiger partial charge >= 0.3 is 0 Å². The van der Waals surface area contributed by atoms with Gasteiger partial charge in [0.05, 0.1) is 6.61 Å². The van der Waals surface area contributed by atoms with E-state index < -0.39 is 0 Å². The van der Waals surface area contributed by atoms with Gasteiger partial charge in [-0.15, -0.1) is 0 Å². The normalized spacial score (nSPS) is 18.9. The molecule has 0 radical (unpaired) electrons. The lowest BCUT2D eigenvalue weighted by atomic mass is 10.1. The first-order chi connectivity index (χ1) is 6.85. The monoisotopic (exact) mass is 193 g/mol. The minimum atomic E-state index is 0.117. The van der Waals surface area contributed by atoms with E-state index in [4.69, 9.17) is 15.2 Å². The summed E-state index contributed by atoms with van der Waals surface area (Å²) in [6, 6.07) is 5.99. The lowest BCUT2D eigenvalue weighted by Gasteiger charge is -2.10. The standard InChI is InChI=1S/C11H15NO2/c1-2-13-10-5-3-4-8-6-9(7-12)14-11(8)10/h3-5,9H,2,6-7,12H2,1H3/t9-/m0/s1. The summed E-state index contributed by atoms with van der Waals surface area (Å²) in [5, 5.41) is 0. The topological polar surface area (TPSA) is 44.5 Å². The highest BCUT2D eigenvalue weighted by atomic mass is 16.5. The first kappa shape index (κ1) is 9.34. The third-order valence-electron chi connectivity index (χ3n) is 2.36. The van der Waals surface area contributed by atoms with Crippen LogP contribution in [-0.4, -0.2) is 19.3 Å². The quantitative estimate of drug-likeness (QED) is 0.788. The van der Waals surface area contributed by atoms with Crippen LogP contribution in [0.25, 0.3) is 0 Å². The number of ether oxygens (including phenoxy) is 2. The second-order valence-corrected chi connectivity index (χ2v) is 3.36.